The van der Waals surface area contributed by atoms with Crippen LogP contribution < -0.4 is 15.4 Å². The average molecular weight is 683 g/mol. The first-order valence-electron chi connectivity index (χ1n) is 18.7. The summed E-state index contributed by atoms with van der Waals surface area (Å²) in [5.74, 6) is 0.168. The lowest BCUT2D eigenvalue weighted by atomic mass is 9.47. The minimum atomic E-state index is -2.18. The molecule has 2 bridgehead atoms. The Labute approximate surface area is 296 Å². The van der Waals surface area contributed by atoms with Gasteiger partial charge in [0.25, 0.3) is 5.91 Å². The van der Waals surface area contributed by atoms with Gasteiger partial charge >= 0.3 is 0 Å². The minimum absolute atomic E-state index is 0.000682. The van der Waals surface area contributed by atoms with Crippen LogP contribution >= 0.6 is 0 Å². The summed E-state index contributed by atoms with van der Waals surface area (Å²) in [6, 6.07) is 14.2. The number of carbonyl (C=O) groups excluding carboxylic acids is 1. The molecule has 1 saturated carbocycles. The number of allylic oxidation sites excluding steroid dienone is 1. The van der Waals surface area contributed by atoms with Crippen molar-refractivity contribution in [2.24, 2.45) is 17.1 Å². The van der Waals surface area contributed by atoms with Gasteiger partial charge in [-0.3, -0.25) is 14.6 Å². The Morgan fingerprint density at radius 2 is 1.86 bits per heavy atom. The molecule has 2 aromatic carbocycles. The van der Waals surface area contributed by atoms with E-state index in [1.807, 2.05) is 18.9 Å². The number of nitrogens with two attached hydrogens (primary N) is 1. The SMILES string of the molecule is CC[C@]1(O)C[C@@H]2CC(c3cc4c(cc3OC)N(C)[C@H]3[C@@](O)(C(N)=O)[C@H](O)[C@]5(CC)C=CCN6CC[C@]43[C@@H]65)C=C(c3ccccc3)CCN(C2)C1. The second-order valence-corrected chi connectivity index (χ2v) is 16.3. The summed E-state index contributed by atoms with van der Waals surface area (Å²) in [6.45, 7) is 8.22. The Bertz CT molecular complexity index is 1730. The molecule has 268 valence electrons. The Morgan fingerprint density at radius 3 is 2.56 bits per heavy atom. The molecule has 3 fully saturated rings. The fourth-order valence-electron chi connectivity index (χ4n) is 11.9. The fourth-order valence-corrected chi connectivity index (χ4v) is 11.9. The normalized spacial score (nSPS) is 40.5. The van der Waals surface area contributed by atoms with Crippen LogP contribution in [0.15, 0.2) is 60.7 Å². The maximum atomic E-state index is 13.5. The lowest BCUT2D eigenvalue weighted by Gasteiger charge is -2.63. The number of fused-ring (bicyclic) bond motifs is 3. The van der Waals surface area contributed by atoms with Gasteiger partial charge in [-0.15, -0.1) is 0 Å². The Kier molecular flexibility index (Phi) is 8.08. The third kappa shape index (κ3) is 4.59. The lowest BCUT2D eigenvalue weighted by Crippen LogP contribution is -2.81. The number of hydrogen-bond donors (Lipinski definition) is 4. The maximum absolute atomic E-state index is 13.5. The van der Waals surface area contributed by atoms with E-state index in [0.717, 1.165) is 80.8 Å². The molecule has 6 aliphatic rings. The molecule has 5 aliphatic heterocycles. The van der Waals surface area contributed by atoms with Gasteiger partial charge in [0.2, 0.25) is 0 Å². The molecule has 8 rings (SSSR count). The first-order chi connectivity index (χ1) is 24.0. The average Bonchev–Trinajstić information content (AvgIpc) is 3.64. The second kappa shape index (κ2) is 11.9. The number of likely N-dealkylation sites (N-methyl/N-ethyl adjacent to an activating group) is 1. The summed E-state index contributed by atoms with van der Waals surface area (Å²) in [5.41, 5.74) is 7.31. The number of methoxy groups -OCH3 is 1. The van der Waals surface area contributed by atoms with E-state index < -0.39 is 40.1 Å². The standard InChI is InChI=1S/C41H54N4O5/c1-5-38(48)23-26-19-29(20-28(13-17-44(24-26)25-38)27-11-8-7-9-12-27)30-21-31-32(22-33(30)50-4)43(3)35-40(31)15-18-45-16-10-14-39(6-2,34(40)45)36(46)41(35,49)37(42)47/h7-12,14,20-22,26,29,34-36,46,48-49H,5-6,13,15-19,23-25H2,1-4H3,(H2,42,47)/t26-,29?,34-,35+,36+,38-,39+,40+,41-/m0/s1. The van der Waals surface area contributed by atoms with E-state index in [9.17, 15) is 20.1 Å². The number of aliphatic hydroxyl groups is 3. The summed E-state index contributed by atoms with van der Waals surface area (Å²) in [7, 11) is 3.64. The summed E-state index contributed by atoms with van der Waals surface area (Å²) in [4.78, 5) is 20.4. The predicted octanol–water partition coefficient (Wildman–Crippen LogP) is 3.81. The number of carbonyl (C=O) groups is 1. The van der Waals surface area contributed by atoms with Crippen molar-refractivity contribution >= 4 is 17.2 Å². The highest BCUT2D eigenvalue weighted by Gasteiger charge is 2.78. The number of benzene rings is 2. The number of amides is 1. The molecule has 9 heteroatoms. The molecule has 1 amide bonds. The highest BCUT2D eigenvalue weighted by Crippen LogP contribution is 2.67. The molecule has 2 saturated heterocycles. The topological polar surface area (TPSA) is 123 Å². The molecule has 5 N–H and O–H groups in total. The van der Waals surface area contributed by atoms with Gasteiger partial charge in [-0.25, -0.2) is 0 Å². The number of anilines is 1. The van der Waals surface area contributed by atoms with Crippen LogP contribution in [0.25, 0.3) is 5.57 Å². The van der Waals surface area contributed by atoms with Gasteiger partial charge < -0.3 is 30.7 Å². The molecule has 2 aromatic rings. The lowest BCUT2D eigenvalue weighted by molar-refractivity contribution is -0.201. The summed E-state index contributed by atoms with van der Waals surface area (Å²) < 4.78 is 6.24. The molecular formula is C41H54N4O5. The number of aliphatic hydroxyl groups excluding tert-OH is 1. The monoisotopic (exact) mass is 682 g/mol. The zero-order valence-electron chi connectivity index (χ0n) is 30.0. The molecular weight excluding hydrogens is 628 g/mol. The van der Waals surface area contributed by atoms with Gasteiger partial charge in [-0.1, -0.05) is 62.4 Å². The molecule has 9 nitrogen and oxygen atoms in total. The van der Waals surface area contributed by atoms with E-state index in [4.69, 9.17) is 10.5 Å². The highest BCUT2D eigenvalue weighted by atomic mass is 16.5. The van der Waals surface area contributed by atoms with Crippen molar-refractivity contribution in [1.82, 2.24) is 9.80 Å². The number of rotatable bonds is 6. The van der Waals surface area contributed by atoms with Crippen LogP contribution in [0.4, 0.5) is 5.69 Å². The van der Waals surface area contributed by atoms with Crippen molar-refractivity contribution in [3.05, 3.63) is 77.4 Å². The van der Waals surface area contributed by atoms with Crippen molar-refractivity contribution in [3.8, 4) is 5.75 Å². The molecule has 1 spiro atoms. The van der Waals surface area contributed by atoms with Gasteiger partial charge in [0.1, 0.15) is 11.9 Å². The summed E-state index contributed by atoms with van der Waals surface area (Å²) >= 11 is 0. The van der Waals surface area contributed by atoms with E-state index in [0.29, 0.717) is 18.9 Å². The summed E-state index contributed by atoms with van der Waals surface area (Å²) in [6.07, 6.45) is 9.74. The van der Waals surface area contributed by atoms with Crippen LogP contribution in [0, 0.1) is 11.3 Å². The third-order valence-electron chi connectivity index (χ3n) is 14.0. The Hall–Kier alpha value is -3.21. The van der Waals surface area contributed by atoms with Crippen LogP contribution in [-0.4, -0.2) is 107 Å². The Balaban J connectivity index is 1.34. The van der Waals surface area contributed by atoms with E-state index in [2.05, 4.69) is 77.4 Å². The van der Waals surface area contributed by atoms with Crippen LogP contribution in [0.3, 0.4) is 0 Å². The smallest absolute Gasteiger partial charge is 0.254 e. The van der Waals surface area contributed by atoms with Gasteiger partial charge in [-0.05, 0) is 73.8 Å². The molecule has 1 aliphatic carbocycles. The van der Waals surface area contributed by atoms with Crippen LogP contribution in [0.2, 0.25) is 0 Å². The Morgan fingerprint density at radius 1 is 1.08 bits per heavy atom. The molecule has 5 heterocycles. The number of ether oxygens (including phenoxy) is 1. The van der Waals surface area contributed by atoms with Crippen LogP contribution in [-0.2, 0) is 10.2 Å². The quantitative estimate of drug-likeness (QED) is 0.340. The van der Waals surface area contributed by atoms with Crippen LogP contribution in [0.1, 0.15) is 75.0 Å². The van der Waals surface area contributed by atoms with Crippen molar-refractivity contribution in [3.63, 3.8) is 0 Å². The van der Waals surface area contributed by atoms with E-state index >= 15 is 0 Å². The fraction of sp³-hybridized carbons (Fsp3) is 0.585. The van der Waals surface area contributed by atoms with Crippen molar-refractivity contribution in [2.45, 2.75) is 93.1 Å². The van der Waals surface area contributed by atoms with E-state index in [-0.39, 0.29) is 12.0 Å². The molecule has 2 unspecified atom stereocenters. The van der Waals surface area contributed by atoms with Crippen molar-refractivity contribution in [1.29, 1.82) is 0 Å². The third-order valence-corrected chi connectivity index (χ3v) is 14.0. The molecule has 10 atom stereocenters. The zero-order chi connectivity index (χ0) is 35.2. The van der Waals surface area contributed by atoms with Crippen LogP contribution in [0.5, 0.6) is 5.75 Å². The second-order valence-electron chi connectivity index (χ2n) is 16.3. The van der Waals surface area contributed by atoms with Gasteiger partial charge in [0, 0.05) is 73.3 Å². The minimum Gasteiger partial charge on any atom is -0.496 e. The van der Waals surface area contributed by atoms with Crippen molar-refractivity contribution < 1.29 is 24.9 Å². The first kappa shape index (κ1) is 33.9. The highest BCUT2D eigenvalue weighted by molar-refractivity contribution is 5.89. The predicted molar refractivity (Wildman–Crippen MR) is 195 cm³/mol. The molecule has 0 radical (unpaired) electrons. The summed E-state index contributed by atoms with van der Waals surface area (Å²) in [5, 5.41) is 36.4. The maximum Gasteiger partial charge on any atom is 0.254 e. The molecule has 0 aromatic heterocycles. The first-order valence-corrected chi connectivity index (χ1v) is 18.7. The number of nitrogens with zero attached hydrogens (tertiary/aromatic N) is 3. The van der Waals surface area contributed by atoms with Gasteiger partial charge in [0.15, 0.2) is 5.60 Å². The van der Waals surface area contributed by atoms with E-state index in [1.165, 1.54) is 11.1 Å². The number of hydrogen-bond acceptors (Lipinski definition) is 8. The van der Waals surface area contributed by atoms with Crippen molar-refractivity contribution in [2.75, 3.05) is 51.8 Å². The van der Waals surface area contributed by atoms with Gasteiger partial charge in [-0.2, -0.15) is 0 Å². The number of primary amides is 1. The zero-order valence-corrected chi connectivity index (χ0v) is 30.0. The van der Waals surface area contributed by atoms with Gasteiger partial charge in [0.05, 0.1) is 18.8 Å². The van der Waals surface area contributed by atoms with E-state index in [1.54, 1.807) is 7.11 Å². The number of piperidine rings is 1. The largest absolute Gasteiger partial charge is 0.496 e. The molecule has 50 heavy (non-hydrogen) atoms.